The molecule has 3 aromatic carbocycles. The molecule has 0 amide bonds. The van der Waals surface area contributed by atoms with Crippen molar-refractivity contribution in [1.82, 2.24) is 0 Å². The Hall–Kier alpha value is -2.77. The fourth-order valence-electron chi connectivity index (χ4n) is 2.43. The number of nitrogens with zero attached hydrogens (tertiary/aromatic N) is 2. The van der Waals surface area contributed by atoms with Gasteiger partial charge in [-0.2, -0.15) is 0 Å². The van der Waals surface area contributed by atoms with Crippen LogP contribution in [-0.4, -0.2) is 8.42 Å². The summed E-state index contributed by atoms with van der Waals surface area (Å²) >= 11 is 0. The number of primary sulfonamides is 1. The summed E-state index contributed by atoms with van der Waals surface area (Å²) in [6.07, 6.45) is 0. The topological polar surface area (TPSA) is 111 Å². The Balaban J connectivity index is 2.12. The highest BCUT2D eigenvalue weighted by Crippen LogP contribution is 2.32. The molecule has 24 heavy (non-hydrogen) atoms. The lowest BCUT2D eigenvalue weighted by molar-refractivity contribution is 0.598. The number of benzene rings is 3. The van der Waals surface area contributed by atoms with Gasteiger partial charge in [0.05, 0.1) is 5.69 Å². The van der Waals surface area contributed by atoms with Crippen molar-refractivity contribution in [2.45, 2.75) is 11.8 Å². The first-order valence-corrected chi connectivity index (χ1v) is 8.73. The van der Waals surface area contributed by atoms with Gasteiger partial charge in [-0.15, -0.1) is 10.2 Å². The summed E-state index contributed by atoms with van der Waals surface area (Å²) in [6.45, 7) is 1.78. The van der Waals surface area contributed by atoms with E-state index in [4.69, 9.17) is 10.9 Å². The van der Waals surface area contributed by atoms with E-state index in [0.29, 0.717) is 11.4 Å². The van der Waals surface area contributed by atoms with Crippen LogP contribution in [0.4, 0.5) is 17.1 Å². The highest BCUT2D eigenvalue weighted by Gasteiger charge is 2.14. The minimum atomic E-state index is -3.88. The zero-order valence-corrected chi connectivity index (χ0v) is 13.8. The summed E-state index contributed by atoms with van der Waals surface area (Å²) < 4.78 is 23.5. The molecule has 3 rings (SSSR count). The molecular formula is C17H16N4O2S. The minimum absolute atomic E-state index is 0.0500. The van der Waals surface area contributed by atoms with Crippen LogP contribution in [0.25, 0.3) is 10.8 Å². The zero-order valence-electron chi connectivity index (χ0n) is 13.0. The van der Waals surface area contributed by atoms with Gasteiger partial charge in [-0.25, -0.2) is 13.6 Å². The van der Waals surface area contributed by atoms with E-state index in [1.54, 1.807) is 31.2 Å². The maximum absolute atomic E-state index is 11.7. The van der Waals surface area contributed by atoms with E-state index >= 15 is 0 Å². The highest BCUT2D eigenvalue weighted by molar-refractivity contribution is 7.89. The molecule has 0 fully saturated rings. The number of hydrogen-bond acceptors (Lipinski definition) is 5. The number of azo groups is 1. The molecule has 0 bridgehead atoms. The van der Waals surface area contributed by atoms with Crippen LogP contribution in [0, 0.1) is 6.92 Å². The molecule has 122 valence electrons. The molecule has 0 spiro atoms. The highest BCUT2D eigenvalue weighted by atomic mass is 32.2. The van der Waals surface area contributed by atoms with Crippen molar-refractivity contribution < 1.29 is 8.42 Å². The maximum atomic E-state index is 11.7. The van der Waals surface area contributed by atoms with Crippen LogP contribution in [-0.2, 0) is 10.0 Å². The molecular weight excluding hydrogens is 324 g/mol. The number of hydrogen-bond donors (Lipinski definition) is 2. The third-order valence-electron chi connectivity index (χ3n) is 3.62. The standard InChI is InChI=1S/C17H16N4O2S/c1-11-6-8-16(17(10-11)24(19,22)23)21-20-15-9-7-14(18)12-4-2-3-5-13(12)15/h2-10H,18H2,1H3,(H2,19,22,23). The molecule has 4 N–H and O–H groups in total. The van der Waals surface area contributed by atoms with E-state index in [0.717, 1.165) is 16.3 Å². The van der Waals surface area contributed by atoms with E-state index in [2.05, 4.69) is 10.2 Å². The van der Waals surface area contributed by atoms with E-state index in [1.807, 2.05) is 24.3 Å². The molecule has 7 heteroatoms. The first-order chi connectivity index (χ1) is 11.4. The van der Waals surface area contributed by atoms with Crippen molar-refractivity contribution in [1.29, 1.82) is 0 Å². The van der Waals surface area contributed by atoms with E-state index < -0.39 is 10.0 Å². The lowest BCUT2D eigenvalue weighted by Crippen LogP contribution is -2.12. The summed E-state index contributed by atoms with van der Waals surface area (Å²) in [7, 11) is -3.88. The van der Waals surface area contributed by atoms with Crippen molar-refractivity contribution in [3.8, 4) is 0 Å². The predicted octanol–water partition coefficient (Wildman–Crippen LogP) is 3.79. The first kappa shape index (κ1) is 16.1. The van der Waals surface area contributed by atoms with Gasteiger partial charge in [0.1, 0.15) is 10.6 Å². The van der Waals surface area contributed by atoms with Crippen LogP contribution in [0.15, 0.2) is 69.7 Å². The second-order valence-electron chi connectivity index (χ2n) is 5.44. The minimum Gasteiger partial charge on any atom is -0.398 e. The van der Waals surface area contributed by atoms with Crippen molar-refractivity contribution in [2.75, 3.05) is 5.73 Å². The molecule has 6 nitrogen and oxygen atoms in total. The van der Waals surface area contributed by atoms with E-state index in [-0.39, 0.29) is 10.6 Å². The van der Waals surface area contributed by atoms with Crippen molar-refractivity contribution in [2.24, 2.45) is 15.4 Å². The van der Waals surface area contributed by atoms with Crippen molar-refractivity contribution in [3.63, 3.8) is 0 Å². The van der Waals surface area contributed by atoms with Crippen LogP contribution >= 0.6 is 0 Å². The Morgan fingerprint density at radius 2 is 1.50 bits per heavy atom. The number of aryl methyl sites for hydroxylation is 1. The Labute approximate surface area is 139 Å². The fourth-order valence-corrected chi connectivity index (χ4v) is 3.18. The molecule has 3 aromatic rings. The summed E-state index contributed by atoms with van der Waals surface area (Å²) in [4.78, 5) is -0.0500. The normalized spacial score (nSPS) is 12.1. The van der Waals surface area contributed by atoms with E-state index in [1.165, 1.54) is 6.07 Å². The van der Waals surface area contributed by atoms with Gasteiger partial charge < -0.3 is 5.73 Å². The maximum Gasteiger partial charge on any atom is 0.240 e. The lowest BCUT2D eigenvalue weighted by atomic mass is 10.1. The molecule has 0 saturated heterocycles. The average Bonchev–Trinajstić information content (AvgIpc) is 2.54. The van der Waals surface area contributed by atoms with Crippen LogP contribution in [0.5, 0.6) is 0 Å². The molecule has 0 aliphatic rings. The summed E-state index contributed by atoms with van der Waals surface area (Å²) in [5, 5.41) is 15.3. The fraction of sp³-hybridized carbons (Fsp3) is 0.0588. The quantitative estimate of drug-likeness (QED) is 0.559. The monoisotopic (exact) mass is 340 g/mol. The van der Waals surface area contributed by atoms with Gasteiger partial charge in [-0.05, 0) is 36.8 Å². The largest absolute Gasteiger partial charge is 0.398 e. The number of rotatable bonds is 3. The smallest absolute Gasteiger partial charge is 0.240 e. The van der Waals surface area contributed by atoms with Gasteiger partial charge in [-0.1, -0.05) is 30.3 Å². The summed E-state index contributed by atoms with van der Waals surface area (Å²) in [6, 6.07) is 15.8. The Bertz CT molecular complexity index is 1060. The number of fused-ring (bicyclic) bond motifs is 1. The van der Waals surface area contributed by atoms with E-state index in [9.17, 15) is 8.42 Å². The lowest BCUT2D eigenvalue weighted by Gasteiger charge is -2.06. The Morgan fingerprint density at radius 1 is 0.875 bits per heavy atom. The van der Waals surface area contributed by atoms with Crippen LogP contribution in [0.2, 0.25) is 0 Å². The molecule has 0 unspecified atom stereocenters. The number of sulfonamides is 1. The molecule has 0 heterocycles. The molecule has 0 saturated carbocycles. The SMILES string of the molecule is Cc1ccc(N=Nc2ccc(N)c3ccccc23)c(S(N)(=O)=O)c1. The second kappa shape index (κ2) is 6.03. The molecule has 0 radical (unpaired) electrons. The first-order valence-electron chi connectivity index (χ1n) is 7.19. The molecule has 0 aliphatic heterocycles. The van der Waals surface area contributed by atoms with Crippen LogP contribution in [0.3, 0.4) is 0 Å². The van der Waals surface area contributed by atoms with Crippen LogP contribution in [0.1, 0.15) is 5.56 Å². The van der Waals surface area contributed by atoms with Gasteiger partial charge in [0, 0.05) is 16.5 Å². The third kappa shape index (κ3) is 3.12. The van der Waals surface area contributed by atoms with Gasteiger partial charge in [0.25, 0.3) is 0 Å². The Morgan fingerprint density at radius 3 is 2.21 bits per heavy atom. The van der Waals surface area contributed by atoms with Crippen molar-refractivity contribution >= 4 is 37.9 Å². The number of nitrogens with two attached hydrogens (primary N) is 2. The average molecular weight is 340 g/mol. The molecule has 0 aliphatic carbocycles. The predicted molar refractivity (Wildman–Crippen MR) is 95.1 cm³/mol. The molecule has 0 aromatic heterocycles. The van der Waals surface area contributed by atoms with Crippen molar-refractivity contribution in [3.05, 3.63) is 60.2 Å². The van der Waals surface area contributed by atoms with Gasteiger partial charge >= 0.3 is 0 Å². The molecule has 0 atom stereocenters. The summed E-state index contributed by atoms with van der Waals surface area (Å²) in [5.41, 5.74) is 8.18. The second-order valence-corrected chi connectivity index (χ2v) is 6.97. The van der Waals surface area contributed by atoms with Gasteiger partial charge in [-0.3, -0.25) is 0 Å². The number of anilines is 1. The third-order valence-corrected chi connectivity index (χ3v) is 4.56. The van der Waals surface area contributed by atoms with Gasteiger partial charge in [0.2, 0.25) is 10.0 Å². The zero-order chi connectivity index (χ0) is 17.3. The number of nitrogen functional groups attached to an aromatic ring is 1. The Kier molecular flexibility index (Phi) is 4.04. The van der Waals surface area contributed by atoms with Crippen LogP contribution < -0.4 is 10.9 Å². The summed E-state index contributed by atoms with van der Waals surface area (Å²) in [5.74, 6) is 0. The van der Waals surface area contributed by atoms with Gasteiger partial charge in [0.15, 0.2) is 0 Å².